The first-order valence-corrected chi connectivity index (χ1v) is 14.8. The molecule has 0 amide bonds. The lowest BCUT2D eigenvalue weighted by Gasteiger charge is -2.05. The topological polar surface area (TPSA) is 52.6 Å². The van der Waals surface area contributed by atoms with Gasteiger partial charge in [0, 0.05) is 18.6 Å². The summed E-state index contributed by atoms with van der Waals surface area (Å²) in [5, 5.41) is 0. The lowest BCUT2D eigenvalue weighted by atomic mass is 10.1. The fourth-order valence-corrected chi connectivity index (χ4v) is 3.58. The van der Waals surface area contributed by atoms with Crippen LogP contribution in [0.3, 0.4) is 0 Å². The van der Waals surface area contributed by atoms with Crippen LogP contribution in [0.15, 0.2) is 109 Å². The highest BCUT2D eigenvalue weighted by Crippen LogP contribution is 2.13. The fraction of sp³-hybridized carbons (Fsp3) is 0.389. The monoisotopic (exact) mass is 544 g/mol. The van der Waals surface area contributed by atoms with Gasteiger partial charge in [-0.15, -0.1) is 0 Å². The summed E-state index contributed by atoms with van der Waals surface area (Å²) >= 11 is 0. The molecule has 4 heteroatoms. The van der Waals surface area contributed by atoms with Crippen LogP contribution in [0.1, 0.15) is 83.6 Å². The number of allylic oxidation sites excluding steroid dienone is 12. The molecule has 216 valence electrons. The van der Waals surface area contributed by atoms with Crippen LogP contribution >= 0.6 is 0 Å². The smallest absolute Gasteiger partial charge is 0.336 e. The standard InChI is InChI=1S/C36H48O4/c1-3-5-7-8-9-10-11-12-13-14-15-16-17-18-19-20-21-22-24-26-36(38)40-34-29-27-33(28-30-34)31-32-39-35(37)25-23-6-4-2/h13-30H,3-12,31-32H2,1-2H3. The minimum absolute atomic E-state index is 0.307. The number of hydrogen-bond acceptors (Lipinski definition) is 4. The highest BCUT2D eigenvalue weighted by atomic mass is 16.5. The molecule has 0 bridgehead atoms. The molecule has 1 rings (SSSR count). The van der Waals surface area contributed by atoms with E-state index < -0.39 is 5.97 Å². The molecule has 0 radical (unpaired) electrons. The molecule has 0 unspecified atom stereocenters. The predicted octanol–water partition coefficient (Wildman–Crippen LogP) is 9.51. The molecule has 0 saturated heterocycles. The van der Waals surface area contributed by atoms with Gasteiger partial charge in [0.25, 0.3) is 0 Å². The minimum Gasteiger partial charge on any atom is -0.462 e. The number of esters is 2. The second kappa shape index (κ2) is 25.6. The van der Waals surface area contributed by atoms with E-state index in [1.54, 1.807) is 24.3 Å². The number of hydrogen-bond donors (Lipinski definition) is 0. The summed E-state index contributed by atoms with van der Waals surface area (Å²) in [7, 11) is 0. The van der Waals surface area contributed by atoms with Crippen molar-refractivity contribution in [3.05, 3.63) is 115 Å². The van der Waals surface area contributed by atoms with E-state index in [2.05, 4.69) is 26.0 Å². The van der Waals surface area contributed by atoms with Crippen molar-refractivity contribution in [1.29, 1.82) is 0 Å². The number of rotatable bonds is 21. The first-order valence-electron chi connectivity index (χ1n) is 14.8. The summed E-state index contributed by atoms with van der Waals surface area (Å²) in [6.45, 7) is 4.62. The average Bonchev–Trinajstić information content (AvgIpc) is 2.95. The fourth-order valence-electron chi connectivity index (χ4n) is 3.58. The molecular weight excluding hydrogens is 496 g/mol. The summed E-state index contributed by atoms with van der Waals surface area (Å²) in [6.07, 6.45) is 39.1. The number of carbonyl (C=O) groups is 2. The van der Waals surface area contributed by atoms with Gasteiger partial charge in [-0.2, -0.15) is 0 Å². The van der Waals surface area contributed by atoms with E-state index in [1.165, 1.54) is 57.1 Å². The zero-order valence-electron chi connectivity index (χ0n) is 24.5. The van der Waals surface area contributed by atoms with Crippen LogP contribution in [0.25, 0.3) is 0 Å². The third-order valence-electron chi connectivity index (χ3n) is 5.83. The quantitative estimate of drug-likeness (QED) is 0.0508. The van der Waals surface area contributed by atoms with Crippen molar-refractivity contribution in [2.45, 2.75) is 84.5 Å². The maximum Gasteiger partial charge on any atom is 0.336 e. The van der Waals surface area contributed by atoms with Crippen molar-refractivity contribution in [3.63, 3.8) is 0 Å². The molecule has 4 nitrogen and oxygen atoms in total. The summed E-state index contributed by atoms with van der Waals surface area (Å²) < 4.78 is 10.5. The molecule has 0 N–H and O–H groups in total. The highest BCUT2D eigenvalue weighted by molar-refractivity contribution is 5.84. The van der Waals surface area contributed by atoms with Crippen LogP contribution in [0.4, 0.5) is 0 Å². The first-order chi connectivity index (χ1) is 19.7. The van der Waals surface area contributed by atoms with Gasteiger partial charge in [-0.05, 0) is 37.0 Å². The van der Waals surface area contributed by atoms with Gasteiger partial charge in [-0.3, -0.25) is 0 Å². The van der Waals surface area contributed by atoms with E-state index in [9.17, 15) is 9.59 Å². The van der Waals surface area contributed by atoms with Crippen molar-refractivity contribution in [1.82, 2.24) is 0 Å². The predicted molar refractivity (Wildman–Crippen MR) is 168 cm³/mol. The Morgan fingerprint density at radius 2 is 1.20 bits per heavy atom. The van der Waals surface area contributed by atoms with E-state index in [-0.39, 0.29) is 5.97 Å². The molecule has 1 aromatic carbocycles. The Morgan fingerprint density at radius 3 is 1.85 bits per heavy atom. The summed E-state index contributed by atoms with van der Waals surface area (Å²) in [5.41, 5.74) is 0.996. The van der Waals surface area contributed by atoms with Gasteiger partial charge < -0.3 is 9.47 Å². The van der Waals surface area contributed by atoms with Gasteiger partial charge in [0.2, 0.25) is 0 Å². The molecule has 0 heterocycles. The minimum atomic E-state index is -0.445. The van der Waals surface area contributed by atoms with Crippen molar-refractivity contribution < 1.29 is 19.1 Å². The zero-order valence-corrected chi connectivity index (χ0v) is 24.5. The Balaban J connectivity index is 2.18. The van der Waals surface area contributed by atoms with Crippen LogP contribution in [-0.4, -0.2) is 18.5 Å². The van der Waals surface area contributed by atoms with E-state index in [4.69, 9.17) is 9.47 Å². The molecule has 1 aromatic rings. The van der Waals surface area contributed by atoms with Crippen LogP contribution in [0.5, 0.6) is 5.75 Å². The largest absolute Gasteiger partial charge is 0.462 e. The normalized spacial score (nSPS) is 12.4. The maximum atomic E-state index is 12.0. The van der Waals surface area contributed by atoms with Gasteiger partial charge in [0.05, 0.1) is 6.61 Å². The number of benzene rings is 1. The van der Waals surface area contributed by atoms with E-state index >= 15 is 0 Å². The van der Waals surface area contributed by atoms with Crippen molar-refractivity contribution >= 4 is 11.9 Å². The molecule has 0 spiro atoms. The van der Waals surface area contributed by atoms with Crippen LogP contribution < -0.4 is 4.74 Å². The Hall–Kier alpha value is -3.66. The van der Waals surface area contributed by atoms with Crippen molar-refractivity contribution in [2.24, 2.45) is 0 Å². The number of ether oxygens (including phenoxy) is 2. The Labute approximate surface area is 242 Å². The van der Waals surface area contributed by atoms with Crippen molar-refractivity contribution in [3.8, 4) is 5.75 Å². The molecule has 0 atom stereocenters. The van der Waals surface area contributed by atoms with Gasteiger partial charge in [0.1, 0.15) is 5.75 Å². The second-order valence-corrected chi connectivity index (χ2v) is 9.41. The molecule has 0 aliphatic heterocycles. The van der Waals surface area contributed by atoms with E-state index in [0.29, 0.717) is 18.8 Å². The SMILES string of the molecule is CCCC=CC(=O)OCCc1ccc(OC(=O)C=CC=CC=CC=CC=CC=CCCCCCCCCC)cc1. The molecule has 0 saturated carbocycles. The van der Waals surface area contributed by atoms with Crippen LogP contribution in [-0.2, 0) is 20.7 Å². The summed E-state index contributed by atoms with van der Waals surface area (Å²) in [5.74, 6) is -0.303. The highest BCUT2D eigenvalue weighted by Gasteiger charge is 2.02. The second-order valence-electron chi connectivity index (χ2n) is 9.41. The van der Waals surface area contributed by atoms with E-state index in [0.717, 1.165) is 24.8 Å². The lowest BCUT2D eigenvalue weighted by molar-refractivity contribution is -0.137. The van der Waals surface area contributed by atoms with Gasteiger partial charge in [0.15, 0.2) is 0 Å². The van der Waals surface area contributed by atoms with Gasteiger partial charge in [-0.1, -0.05) is 144 Å². The number of unbranched alkanes of at least 4 members (excludes halogenated alkanes) is 8. The first kappa shape index (κ1) is 34.4. The Morgan fingerprint density at radius 1 is 0.600 bits per heavy atom. The van der Waals surface area contributed by atoms with Gasteiger partial charge >= 0.3 is 11.9 Å². The van der Waals surface area contributed by atoms with Crippen LogP contribution in [0.2, 0.25) is 0 Å². The lowest BCUT2D eigenvalue weighted by Crippen LogP contribution is -2.05. The average molecular weight is 545 g/mol. The Bertz CT molecular complexity index is 1000. The number of carbonyl (C=O) groups excluding carboxylic acids is 2. The third-order valence-corrected chi connectivity index (χ3v) is 5.83. The summed E-state index contributed by atoms with van der Waals surface area (Å²) in [4.78, 5) is 23.6. The molecule has 0 aliphatic carbocycles. The maximum absolute atomic E-state index is 12.0. The Kier molecular flexibility index (Phi) is 22.0. The summed E-state index contributed by atoms with van der Waals surface area (Å²) in [6, 6.07) is 7.17. The van der Waals surface area contributed by atoms with Gasteiger partial charge in [-0.25, -0.2) is 9.59 Å². The third kappa shape index (κ3) is 21.3. The zero-order chi connectivity index (χ0) is 28.9. The molecular formula is C36H48O4. The van der Waals surface area contributed by atoms with Crippen LogP contribution in [0, 0.1) is 0 Å². The molecule has 0 aliphatic rings. The van der Waals surface area contributed by atoms with E-state index in [1.807, 2.05) is 60.7 Å². The molecule has 0 aromatic heterocycles. The molecule has 0 fully saturated rings. The molecule has 40 heavy (non-hydrogen) atoms. The van der Waals surface area contributed by atoms with Crippen molar-refractivity contribution in [2.75, 3.05) is 6.61 Å².